The van der Waals surface area contributed by atoms with E-state index in [2.05, 4.69) is 0 Å². The molecule has 4 rings (SSSR count). The molecular formula is C21H18O2. The first-order valence-electron chi connectivity index (χ1n) is 8.03. The van der Waals surface area contributed by atoms with Gasteiger partial charge in [-0.1, -0.05) is 66.7 Å². The smallest absolute Gasteiger partial charge is 0.169 e. The number of carbonyl (C=O) groups excluding carboxylic acids is 1. The van der Waals surface area contributed by atoms with Gasteiger partial charge >= 0.3 is 0 Å². The van der Waals surface area contributed by atoms with Gasteiger partial charge in [-0.05, 0) is 34.7 Å². The summed E-state index contributed by atoms with van der Waals surface area (Å²) in [5, 5.41) is 13.0. The van der Waals surface area contributed by atoms with Gasteiger partial charge in [-0.25, -0.2) is 0 Å². The summed E-state index contributed by atoms with van der Waals surface area (Å²) in [7, 11) is 0. The van der Waals surface area contributed by atoms with E-state index in [4.69, 9.17) is 0 Å². The van der Waals surface area contributed by atoms with Crippen LogP contribution in [0, 0.1) is 5.92 Å². The van der Waals surface area contributed by atoms with E-state index in [0.29, 0.717) is 6.42 Å². The zero-order valence-electron chi connectivity index (χ0n) is 12.8. The number of ketones is 1. The van der Waals surface area contributed by atoms with Gasteiger partial charge in [-0.2, -0.15) is 0 Å². The predicted molar refractivity (Wildman–Crippen MR) is 91.5 cm³/mol. The molecular weight excluding hydrogens is 284 g/mol. The average Bonchev–Trinajstić information content (AvgIpc) is 2.61. The first-order chi connectivity index (χ1) is 11.3. The second-order valence-electron chi connectivity index (χ2n) is 6.18. The van der Waals surface area contributed by atoms with Crippen LogP contribution < -0.4 is 0 Å². The van der Waals surface area contributed by atoms with E-state index in [1.165, 1.54) is 0 Å². The summed E-state index contributed by atoms with van der Waals surface area (Å²) >= 11 is 0. The lowest BCUT2D eigenvalue weighted by molar-refractivity contribution is 0.0642. The number of carbonyl (C=O) groups is 1. The van der Waals surface area contributed by atoms with Crippen LogP contribution in [-0.2, 0) is 6.42 Å². The molecule has 0 heterocycles. The fraction of sp³-hybridized carbons (Fsp3) is 0.190. The van der Waals surface area contributed by atoms with Gasteiger partial charge in [0.05, 0.1) is 12.0 Å². The number of hydrogen-bond donors (Lipinski definition) is 1. The molecule has 0 aromatic heterocycles. The van der Waals surface area contributed by atoms with Crippen molar-refractivity contribution in [2.75, 3.05) is 0 Å². The van der Waals surface area contributed by atoms with Crippen LogP contribution in [0.25, 0.3) is 10.8 Å². The van der Waals surface area contributed by atoms with E-state index >= 15 is 0 Å². The van der Waals surface area contributed by atoms with Crippen LogP contribution in [0.5, 0.6) is 0 Å². The zero-order chi connectivity index (χ0) is 15.8. The number of aliphatic hydroxyl groups is 1. The van der Waals surface area contributed by atoms with Crippen molar-refractivity contribution in [3.63, 3.8) is 0 Å². The summed E-state index contributed by atoms with van der Waals surface area (Å²) in [6, 6.07) is 21.6. The Balaban J connectivity index is 1.75. The Kier molecular flexibility index (Phi) is 3.47. The Morgan fingerprint density at radius 1 is 0.913 bits per heavy atom. The number of hydrogen-bond acceptors (Lipinski definition) is 2. The van der Waals surface area contributed by atoms with Crippen molar-refractivity contribution in [2.24, 2.45) is 5.92 Å². The molecule has 0 saturated heterocycles. The minimum Gasteiger partial charge on any atom is -0.388 e. The first kappa shape index (κ1) is 14.2. The number of aliphatic hydroxyl groups excluding tert-OH is 1. The van der Waals surface area contributed by atoms with Crippen LogP contribution in [0.15, 0.2) is 66.7 Å². The van der Waals surface area contributed by atoms with Crippen LogP contribution >= 0.6 is 0 Å². The Morgan fingerprint density at radius 3 is 2.57 bits per heavy atom. The van der Waals surface area contributed by atoms with Gasteiger partial charge < -0.3 is 5.11 Å². The normalized spacial score (nSPS) is 18.7. The maximum Gasteiger partial charge on any atom is 0.169 e. The molecule has 0 spiro atoms. The molecule has 0 amide bonds. The van der Waals surface area contributed by atoms with Gasteiger partial charge in [-0.3, -0.25) is 4.79 Å². The van der Waals surface area contributed by atoms with Gasteiger partial charge in [0.1, 0.15) is 0 Å². The number of benzene rings is 3. The standard InChI is InChI=1S/C21H18O2/c22-20-17-10-4-2-7-15(17)12-13-19(20)21(23)18-11-5-8-14-6-1-3-9-16(14)18/h1-11,19,21,23H,12-13H2/t19-,21-/m1/s1. The van der Waals surface area contributed by atoms with Crippen molar-refractivity contribution >= 4 is 16.6 Å². The van der Waals surface area contributed by atoms with E-state index in [9.17, 15) is 9.90 Å². The molecule has 0 aliphatic heterocycles. The lowest BCUT2D eigenvalue weighted by atomic mass is 9.77. The molecule has 1 aliphatic rings. The molecule has 0 fully saturated rings. The number of rotatable bonds is 2. The van der Waals surface area contributed by atoms with Crippen molar-refractivity contribution in [1.82, 2.24) is 0 Å². The quantitative estimate of drug-likeness (QED) is 0.765. The molecule has 2 nitrogen and oxygen atoms in total. The molecule has 1 N–H and O–H groups in total. The molecule has 114 valence electrons. The van der Waals surface area contributed by atoms with Crippen LogP contribution in [-0.4, -0.2) is 10.9 Å². The number of fused-ring (bicyclic) bond motifs is 2. The van der Waals surface area contributed by atoms with Crippen molar-refractivity contribution in [3.8, 4) is 0 Å². The molecule has 1 aliphatic carbocycles. The maximum atomic E-state index is 12.8. The first-order valence-corrected chi connectivity index (χ1v) is 8.03. The van der Waals surface area contributed by atoms with Crippen LogP contribution in [0.2, 0.25) is 0 Å². The molecule has 23 heavy (non-hydrogen) atoms. The third-order valence-electron chi connectivity index (χ3n) is 4.87. The molecule has 3 aromatic rings. The highest BCUT2D eigenvalue weighted by molar-refractivity contribution is 6.01. The zero-order valence-corrected chi connectivity index (χ0v) is 12.8. The van der Waals surface area contributed by atoms with Crippen molar-refractivity contribution in [3.05, 3.63) is 83.4 Å². The molecule has 0 bridgehead atoms. The van der Waals surface area contributed by atoms with Crippen LogP contribution in [0.4, 0.5) is 0 Å². The summed E-state index contributed by atoms with van der Waals surface area (Å²) in [5.41, 5.74) is 2.71. The summed E-state index contributed by atoms with van der Waals surface area (Å²) in [6.07, 6.45) is 0.774. The Bertz CT molecular complexity index is 876. The Hall–Kier alpha value is -2.45. The summed E-state index contributed by atoms with van der Waals surface area (Å²) in [6.45, 7) is 0. The van der Waals surface area contributed by atoms with E-state index in [0.717, 1.165) is 33.9 Å². The van der Waals surface area contributed by atoms with Gasteiger partial charge in [0.2, 0.25) is 0 Å². The lowest BCUT2D eigenvalue weighted by Crippen LogP contribution is -2.28. The van der Waals surface area contributed by atoms with Crippen LogP contribution in [0.3, 0.4) is 0 Å². The van der Waals surface area contributed by atoms with Gasteiger partial charge in [0, 0.05) is 5.56 Å². The molecule has 0 radical (unpaired) electrons. The van der Waals surface area contributed by atoms with Gasteiger partial charge in [0.25, 0.3) is 0 Å². The summed E-state index contributed by atoms with van der Waals surface area (Å²) in [5.74, 6) is -0.303. The highest BCUT2D eigenvalue weighted by atomic mass is 16.3. The monoisotopic (exact) mass is 302 g/mol. The summed E-state index contributed by atoms with van der Waals surface area (Å²) < 4.78 is 0. The highest BCUT2D eigenvalue weighted by Crippen LogP contribution is 2.36. The fourth-order valence-corrected chi connectivity index (χ4v) is 3.65. The third-order valence-corrected chi connectivity index (χ3v) is 4.87. The van der Waals surface area contributed by atoms with E-state index in [-0.39, 0.29) is 11.7 Å². The molecule has 0 saturated carbocycles. The fourth-order valence-electron chi connectivity index (χ4n) is 3.65. The Labute approximate surface area is 135 Å². The Morgan fingerprint density at radius 2 is 1.65 bits per heavy atom. The lowest BCUT2D eigenvalue weighted by Gasteiger charge is -2.28. The number of Topliss-reactive ketones (excluding diaryl/α,β-unsaturated/α-hetero) is 1. The van der Waals surface area contributed by atoms with Crippen LogP contribution in [0.1, 0.15) is 34.0 Å². The predicted octanol–water partition coefficient (Wildman–Crippen LogP) is 4.32. The highest BCUT2D eigenvalue weighted by Gasteiger charge is 2.33. The maximum absolute atomic E-state index is 12.8. The molecule has 2 atom stereocenters. The second-order valence-corrected chi connectivity index (χ2v) is 6.18. The van der Waals surface area contributed by atoms with Crippen molar-refractivity contribution in [1.29, 1.82) is 0 Å². The third kappa shape index (κ3) is 2.36. The average molecular weight is 302 g/mol. The topological polar surface area (TPSA) is 37.3 Å². The molecule has 3 aromatic carbocycles. The second kappa shape index (κ2) is 5.64. The minimum atomic E-state index is -0.762. The molecule has 0 unspecified atom stereocenters. The van der Waals surface area contributed by atoms with Crippen molar-refractivity contribution < 1.29 is 9.90 Å². The minimum absolute atomic E-state index is 0.0623. The largest absolute Gasteiger partial charge is 0.388 e. The SMILES string of the molecule is O=C1c2ccccc2CC[C@H]1[C@H](O)c1cccc2ccccc12. The number of aryl methyl sites for hydroxylation is 1. The van der Waals surface area contributed by atoms with Gasteiger partial charge in [0.15, 0.2) is 5.78 Å². The summed E-state index contributed by atoms with van der Waals surface area (Å²) in [4.78, 5) is 12.8. The van der Waals surface area contributed by atoms with E-state index in [1.54, 1.807) is 0 Å². The van der Waals surface area contributed by atoms with Gasteiger partial charge in [-0.15, -0.1) is 0 Å². The van der Waals surface area contributed by atoms with E-state index < -0.39 is 6.10 Å². The van der Waals surface area contributed by atoms with Crippen molar-refractivity contribution in [2.45, 2.75) is 18.9 Å². The molecule has 2 heteroatoms. The van der Waals surface area contributed by atoms with E-state index in [1.807, 2.05) is 66.7 Å².